The third-order valence-electron chi connectivity index (χ3n) is 7.13. The van der Waals surface area contributed by atoms with Gasteiger partial charge in [-0.15, -0.1) is 0 Å². The average molecular weight is 469 g/mol. The summed E-state index contributed by atoms with van der Waals surface area (Å²) in [5, 5.41) is 31.5. The summed E-state index contributed by atoms with van der Waals surface area (Å²) in [5.41, 5.74) is 6.21. The second-order valence-corrected chi connectivity index (χ2v) is 9.52. The Kier molecular flexibility index (Phi) is 5.52. The third-order valence-corrected chi connectivity index (χ3v) is 7.13. The second kappa shape index (κ2) is 7.98. The monoisotopic (exact) mass is 469 g/mol. The standard InChI is InChI=1S/C24H27N3O7/c1-26(2)14-8-10(24(33)34)7-12-11(14)5-9-6-13-16(20(29)15(9)19(12)28)21(30)17(23(25)32)22(31)18(13)27(3)4/h7-9,13,16,18,29,31H,5-6H2,1-4H3,(H2,25,32)(H,33,34)/t9?,13?,16?,18-/m0/s1. The van der Waals surface area contributed by atoms with Crippen molar-refractivity contribution in [3.05, 3.63) is 51.5 Å². The molecule has 10 nitrogen and oxygen atoms in total. The number of ketones is 2. The maximum atomic E-state index is 13.6. The summed E-state index contributed by atoms with van der Waals surface area (Å²) < 4.78 is 0. The van der Waals surface area contributed by atoms with Gasteiger partial charge in [-0.25, -0.2) is 4.79 Å². The van der Waals surface area contributed by atoms with E-state index in [9.17, 15) is 34.5 Å². The number of carboxylic acids is 1. The van der Waals surface area contributed by atoms with Crippen molar-refractivity contribution < 1.29 is 34.5 Å². The zero-order valence-corrected chi connectivity index (χ0v) is 19.3. The predicted molar refractivity (Wildman–Crippen MR) is 122 cm³/mol. The lowest BCUT2D eigenvalue weighted by Crippen LogP contribution is -2.53. The van der Waals surface area contributed by atoms with E-state index >= 15 is 0 Å². The molecule has 0 aromatic heterocycles. The number of aliphatic hydroxyl groups excluding tert-OH is 2. The van der Waals surface area contributed by atoms with E-state index in [2.05, 4.69) is 0 Å². The van der Waals surface area contributed by atoms with Crippen molar-refractivity contribution in [1.29, 1.82) is 0 Å². The van der Waals surface area contributed by atoms with E-state index in [0.717, 1.165) is 0 Å². The molecule has 0 radical (unpaired) electrons. The Balaban J connectivity index is 1.92. The van der Waals surface area contributed by atoms with E-state index in [0.29, 0.717) is 24.1 Å². The number of nitrogens with two attached hydrogens (primary N) is 1. The first kappa shape index (κ1) is 23.5. The van der Waals surface area contributed by atoms with Crippen LogP contribution in [0.2, 0.25) is 0 Å². The Morgan fingerprint density at radius 2 is 1.71 bits per heavy atom. The van der Waals surface area contributed by atoms with Crippen LogP contribution in [0.4, 0.5) is 5.69 Å². The molecular weight excluding hydrogens is 442 g/mol. The molecule has 34 heavy (non-hydrogen) atoms. The van der Waals surface area contributed by atoms with Gasteiger partial charge < -0.3 is 26.0 Å². The lowest BCUT2D eigenvalue weighted by Gasteiger charge is -2.46. The van der Waals surface area contributed by atoms with E-state index in [4.69, 9.17) is 5.73 Å². The van der Waals surface area contributed by atoms with E-state index in [1.54, 1.807) is 38.0 Å². The molecule has 3 unspecified atom stereocenters. The van der Waals surface area contributed by atoms with Gasteiger partial charge in [0.25, 0.3) is 5.91 Å². The van der Waals surface area contributed by atoms with Gasteiger partial charge in [-0.05, 0) is 56.5 Å². The number of carbonyl (C=O) groups is 4. The van der Waals surface area contributed by atoms with Crippen molar-refractivity contribution in [3.8, 4) is 0 Å². The molecule has 0 heterocycles. The van der Waals surface area contributed by atoms with Gasteiger partial charge in [-0.3, -0.25) is 19.3 Å². The van der Waals surface area contributed by atoms with Crippen LogP contribution in [-0.4, -0.2) is 77.9 Å². The summed E-state index contributed by atoms with van der Waals surface area (Å²) in [6.07, 6.45) is 0.645. The van der Waals surface area contributed by atoms with E-state index in [1.807, 2.05) is 0 Å². The van der Waals surface area contributed by atoms with Crippen LogP contribution >= 0.6 is 0 Å². The molecule has 4 rings (SSSR count). The topological polar surface area (TPSA) is 161 Å². The molecule has 0 saturated heterocycles. The van der Waals surface area contributed by atoms with Gasteiger partial charge in [-0.2, -0.15) is 0 Å². The molecule has 0 fully saturated rings. The number of hydrogen-bond donors (Lipinski definition) is 4. The number of benzene rings is 1. The number of rotatable bonds is 4. The minimum Gasteiger partial charge on any atom is -0.511 e. The molecular formula is C24H27N3O7. The Bertz CT molecular complexity index is 1210. The Morgan fingerprint density at radius 1 is 1.06 bits per heavy atom. The van der Waals surface area contributed by atoms with Crippen molar-refractivity contribution in [2.45, 2.75) is 18.9 Å². The van der Waals surface area contributed by atoms with Crippen LogP contribution in [0.1, 0.15) is 32.7 Å². The lowest BCUT2D eigenvalue weighted by molar-refractivity contribution is -0.127. The second-order valence-electron chi connectivity index (χ2n) is 9.52. The van der Waals surface area contributed by atoms with E-state index in [-0.39, 0.29) is 16.7 Å². The number of nitrogens with zero attached hydrogens (tertiary/aromatic N) is 2. The van der Waals surface area contributed by atoms with Crippen molar-refractivity contribution in [2.24, 2.45) is 23.5 Å². The van der Waals surface area contributed by atoms with Crippen LogP contribution in [-0.2, 0) is 16.0 Å². The van der Waals surface area contributed by atoms with Crippen LogP contribution in [0.5, 0.6) is 0 Å². The Hall–Kier alpha value is -3.66. The molecule has 1 aromatic rings. The predicted octanol–water partition coefficient (Wildman–Crippen LogP) is 1.06. The number of amides is 1. The molecule has 180 valence electrons. The maximum absolute atomic E-state index is 13.6. The van der Waals surface area contributed by atoms with Crippen LogP contribution in [0.25, 0.3) is 0 Å². The smallest absolute Gasteiger partial charge is 0.335 e. The molecule has 4 atom stereocenters. The van der Waals surface area contributed by atoms with E-state index < -0.39 is 64.3 Å². The highest BCUT2D eigenvalue weighted by atomic mass is 16.4. The minimum atomic E-state index is -1.21. The molecule has 0 bridgehead atoms. The highest BCUT2D eigenvalue weighted by molar-refractivity contribution is 6.22. The summed E-state index contributed by atoms with van der Waals surface area (Å²) >= 11 is 0. The van der Waals surface area contributed by atoms with E-state index in [1.165, 1.54) is 12.1 Å². The molecule has 10 heteroatoms. The fourth-order valence-electron chi connectivity index (χ4n) is 5.77. The summed E-state index contributed by atoms with van der Waals surface area (Å²) in [6, 6.07) is 2.05. The molecule has 0 saturated carbocycles. The number of Topliss-reactive ketones (excluding diaryl/α,β-unsaturated/α-hetero) is 2. The summed E-state index contributed by atoms with van der Waals surface area (Å²) in [7, 11) is 6.87. The highest BCUT2D eigenvalue weighted by Gasteiger charge is 2.54. The van der Waals surface area contributed by atoms with Crippen molar-refractivity contribution in [1.82, 2.24) is 4.90 Å². The average Bonchev–Trinajstić information content (AvgIpc) is 2.72. The summed E-state index contributed by atoms with van der Waals surface area (Å²) in [4.78, 5) is 53.8. The van der Waals surface area contributed by atoms with Gasteiger partial charge in [0.2, 0.25) is 0 Å². The lowest BCUT2D eigenvalue weighted by atomic mass is 9.61. The molecule has 0 spiro atoms. The number of anilines is 1. The fraction of sp³-hybridized carbons (Fsp3) is 0.417. The van der Waals surface area contributed by atoms with Gasteiger partial charge in [0.1, 0.15) is 17.1 Å². The molecule has 3 aliphatic carbocycles. The van der Waals surface area contributed by atoms with Gasteiger partial charge in [-0.1, -0.05) is 0 Å². The molecule has 3 aliphatic rings. The fourth-order valence-corrected chi connectivity index (χ4v) is 5.77. The zero-order valence-electron chi connectivity index (χ0n) is 19.3. The Morgan fingerprint density at radius 3 is 2.24 bits per heavy atom. The SMILES string of the molecule is CN(C)c1cc(C(=O)O)cc2c1CC1CC3C(C(=O)C(C(N)=O)=C(O)[C@H]3N(C)C)C(O)=C1C2=O. The third kappa shape index (κ3) is 3.28. The van der Waals surface area contributed by atoms with Gasteiger partial charge in [0.05, 0.1) is 17.5 Å². The quantitative estimate of drug-likeness (QED) is 0.473. The number of aliphatic hydroxyl groups is 2. The van der Waals surface area contributed by atoms with Gasteiger partial charge in [0.15, 0.2) is 11.6 Å². The van der Waals surface area contributed by atoms with Crippen LogP contribution in [0.3, 0.4) is 0 Å². The number of primary amides is 1. The highest BCUT2D eigenvalue weighted by Crippen LogP contribution is 2.50. The first-order valence-corrected chi connectivity index (χ1v) is 10.9. The molecule has 0 aliphatic heterocycles. The first-order chi connectivity index (χ1) is 15.9. The summed E-state index contributed by atoms with van der Waals surface area (Å²) in [6.45, 7) is 0. The molecule has 1 amide bonds. The van der Waals surface area contributed by atoms with Gasteiger partial charge >= 0.3 is 5.97 Å². The van der Waals surface area contributed by atoms with Crippen LogP contribution < -0.4 is 10.6 Å². The number of likely N-dealkylation sites (N-methyl/N-ethyl adjacent to an activating group) is 1. The maximum Gasteiger partial charge on any atom is 0.335 e. The first-order valence-electron chi connectivity index (χ1n) is 10.9. The van der Waals surface area contributed by atoms with Crippen molar-refractivity contribution in [3.63, 3.8) is 0 Å². The van der Waals surface area contributed by atoms with Crippen molar-refractivity contribution >= 4 is 29.1 Å². The summed E-state index contributed by atoms with van der Waals surface area (Å²) in [5.74, 6) is -6.76. The van der Waals surface area contributed by atoms with Crippen molar-refractivity contribution in [2.75, 3.05) is 33.1 Å². The molecule has 1 aromatic carbocycles. The zero-order chi connectivity index (χ0) is 25.2. The number of carbonyl (C=O) groups excluding carboxylic acids is 3. The Labute approximate surface area is 195 Å². The number of aromatic carboxylic acids is 1. The number of hydrogen-bond acceptors (Lipinski definition) is 8. The minimum absolute atomic E-state index is 0.0528. The largest absolute Gasteiger partial charge is 0.511 e. The number of allylic oxidation sites excluding steroid dienone is 2. The molecule has 5 N–H and O–H groups in total. The van der Waals surface area contributed by atoms with Crippen LogP contribution in [0.15, 0.2) is 34.8 Å². The number of carboxylic acid groups (broad SMARTS) is 1. The number of fused-ring (bicyclic) bond motifs is 3. The normalized spacial score (nSPS) is 26.3. The van der Waals surface area contributed by atoms with Crippen LogP contribution in [0, 0.1) is 17.8 Å². The van der Waals surface area contributed by atoms with Gasteiger partial charge in [0, 0.05) is 30.9 Å².